The zero-order valence-corrected chi connectivity index (χ0v) is 24.9. The molecule has 0 unspecified atom stereocenters. The fourth-order valence-corrected chi connectivity index (χ4v) is 4.86. The molecule has 6 nitrogen and oxygen atoms in total. The topological polar surface area (TPSA) is 81.9 Å². The Morgan fingerprint density at radius 2 is 1.30 bits per heavy atom. The molecule has 0 bridgehead atoms. The number of anilines is 1. The Balaban J connectivity index is 2.23. The maximum atomic E-state index is 14.0. The van der Waals surface area contributed by atoms with Gasteiger partial charge in [-0.15, -0.1) is 0 Å². The van der Waals surface area contributed by atoms with Crippen molar-refractivity contribution in [3.63, 3.8) is 0 Å². The van der Waals surface area contributed by atoms with E-state index in [-0.39, 0.29) is 12.5 Å². The first-order chi connectivity index (χ1) is 18.7. The van der Waals surface area contributed by atoms with Crippen molar-refractivity contribution in [2.45, 2.75) is 84.7 Å². The van der Waals surface area contributed by atoms with Crippen molar-refractivity contribution in [1.82, 2.24) is 4.90 Å². The van der Waals surface area contributed by atoms with Crippen LogP contribution in [0.4, 0.5) is 5.69 Å². The summed E-state index contributed by atoms with van der Waals surface area (Å²) in [4.78, 5) is 29.6. The number of para-hydroxylation sites is 1. The number of esters is 2. The largest absolute Gasteiger partial charge is 0.460 e. The molecule has 3 aromatic rings. The minimum Gasteiger partial charge on any atom is -0.460 e. The predicted octanol–water partition coefficient (Wildman–Crippen LogP) is 7.26. The van der Waals surface area contributed by atoms with Crippen molar-refractivity contribution in [3.8, 4) is 0 Å². The van der Waals surface area contributed by atoms with Crippen molar-refractivity contribution in [2.24, 2.45) is 5.92 Å². The zero-order chi connectivity index (χ0) is 29.5. The second kappa shape index (κ2) is 13.1. The average Bonchev–Trinajstić information content (AvgIpc) is 2.87. The molecule has 0 amide bonds. The number of carbonyl (C=O) groups excluding carboxylic acids is 2. The van der Waals surface area contributed by atoms with E-state index in [2.05, 4.69) is 36.1 Å². The normalized spacial score (nSPS) is 14.3. The summed E-state index contributed by atoms with van der Waals surface area (Å²) in [6.07, 6.45) is -0.155. The minimum atomic E-state index is -0.881. The van der Waals surface area contributed by atoms with E-state index >= 15 is 0 Å². The van der Waals surface area contributed by atoms with Crippen LogP contribution in [0.15, 0.2) is 84.9 Å². The first-order valence-electron chi connectivity index (χ1n) is 13.9. The Morgan fingerprint density at radius 3 is 1.85 bits per heavy atom. The molecule has 3 rings (SSSR count). The summed E-state index contributed by atoms with van der Waals surface area (Å²) < 4.78 is 11.7. The highest BCUT2D eigenvalue weighted by Crippen LogP contribution is 2.42. The van der Waals surface area contributed by atoms with Crippen LogP contribution < -0.4 is 5.73 Å². The molecule has 0 aliphatic carbocycles. The van der Waals surface area contributed by atoms with E-state index in [1.165, 1.54) is 0 Å². The fraction of sp³-hybridized carbons (Fsp3) is 0.412. The lowest BCUT2D eigenvalue weighted by molar-refractivity contribution is -0.170. The summed E-state index contributed by atoms with van der Waals surface area (Å²) >= 11 is 0. The molecule has 0 heterocycles. The molecular weight excluding hydrogens is 500 g/mol. The summed E-state index contributed by atoms with van der Waals surface area (Å²) in [5.74, 6) is -1.81. The number of ether oxygens (including phenoxy) is 2. The van der Waals surface area contributed by atoms with Crippen molar-refractivity contribution in [3.05, 3.63) is 102 Å². The van der Waals surface area contributed by atoms with Crippen molar-refractivity contribution in [2.75, 3.05) is 5.73 Å². The molecule has 0 saturated carbocycles. The van der Waals surface area contributed by atoms with Crippen LogP contribution in [-0.2, 0) is 25.6 Å². The number of rotatable bonds is 10. The standard InChI is InChI=1S/C34H44N2O4/c1-24(26-18-12-9-13-19-26)36(23-25-16-10-8-11-17-25)31(27-20-14-15-21-29(27)35)28(32(38)40-34(5,6)7)22-30(37)39-33(2,3)4/h8-21,24,28,31H,22-23,35H2,1-7H3/t24-,28-,31-/m1/s1. The third kappa shape index (κ3) is 8.95. The van der Waals surface area contributed by atoms with Gasteiger partial charge in [0, 0.05) is 18.3 Å². The van der Waals surface area contributed by atoms with Crippen LogP contribution in [0.25, 0.3) is 0 Å². The first-order valence-corrected chi connectivity index (χ1v) is 13.9. The molecule has 0 saturated heterocycles. The fourth-order valence-electron chi connectivity index (χ4n) is 4.86. The van der Waals surface area contributed by atoms with Crippen LogP contribution in [0.1, 0.15) is 83.7 Å². The van der Waals surface area contributed by atoms with Gasteiger partial charge in [-0.05, 0) is 71.2 Å². The van der Waals surface area contributed by atoms with Crippen LogP contribution in [0.2, 0.25) is 0 Å². The number of hydrogen-bond acceptors (Lipinski definition) is 6. The monoisotopic (exact) mass is 544 g/mol. The average molecular weight is 545 g/mol. The number of nitrogens with zero attached hydrogens (tertiary/aromatic N) is 1. The number of hydrogen-bond donors (Lipinski definition) is 1. The third-order valence-electron chi connectivity index (χ3n) is 6.56. The van der Waals surface area contributed by atoms with Gasteiger partial charge in [-0.25, -0.2) is 0 Å². The number of carbonyl (C=O) groups is 2. The summed E-state index contributed by atoms with van der Waals surface area (Å²) in [6.45, 7) is 13.6. The molecule has 0 aromatic heterocycles. The maximum absolute atomic E-state index is 14.0. The molecule has 0 fully saturated rings. The Morgan fingerprint density at radius 1 is 0.775 bits per heavy atom. The van der Waals surface area contributed by atoms with E-state index in [0.29, 0.717) is 12.2 Å². The summed E-state index contributed by atoms with van der Waals surface area (Å²) in [5, 5.41) is 0. The number of nitrogens with two attached hydrogens (primary N) is 1. The van der Waals surface area contributed by atoms with Gasteiger partial charge >= 0.3 is 11.9 Å². The van der Waals surface area contributed by atoms with E-state index in [9.17, 15) is 9.59 Å². The molecule has 3 atom stereocenters. The van der Waals surface area contributed by atoms with Crippen LogP contribution in [-0.4, -0.2) is 28.0 Å². The van der Waals surface area contributed by atoms with Crippen LogP contribution in [0.5, 0.6) is 0 Å². The highest BCUT2D eigenvalue weighted by atomic mass is 16.6. The lowest BCUT2D eigenvalue weighted by Gasteiger charge is -2.41. The SMILES string of the molecule is C[C@H](c1ccccc1)N(Cc1ccccc1)[C@H](c1ccccc1N)[C@@H](CC(=O)OC(C)(C)C)C(=O)OC(C)(C)C. The van der Waals surface area contributed by atoms with Gasteiger partial charge < -0.3 is 15.2 Å². The molecule has 3 aromatic carbocycles. The molecular formula is C34H44N2O4. The van der Waals surface area contributed by atoms with E-state index < -0.39 is 35.1 Å². The van der Waals surface area contributed by atoms with Gasteiger partial charge in [0.1, 0.15) is 11.2 Å². The molecule has 0 spiro atoms. The predicted molar refractivity (Wildman–Crippen MR) is 160 cm³/mol. The summed E-state index contributed by atoms with van der Waals surface area (Å²) in [7, 11) is 0. The highest BCUT2D eigenvalue weighted by Gasteiger charge is 2.41. The Labute approximate surface area is 239 Å². The van der Waals surface area contributed by atoms with E-state index in [1.54, 1.807) is 0 Å². The third-order valence-corrected chi connectivity index (χ3v) is 6.56. The second-order valence-corrected chi connectivity index (χ2v) is 12.2. The Bertz CT molecular complexity index is 1250. The molecule has 0 radical (unpaired) electrons. The molecule has 214 valence electrons. The first kappa shape index (κ1) is 30.9. The maximum Gasteiger partial charge on any atom is 0.312 e. The lowest BCUT2D eigenvalue weighted by atomic mass is 9.85. The van der Waals surface area contributed by atoms with Crippen LogP contribution >= 0.6 is 0 Å². The van der Waals surface area contributed by atoms with Crippen molar-refractivity contribution < 1.29 is 19.1 Å². The summed E-state index contributed by atoms with van der Waals surface area (Å²) in [6, 6.07) is 27.1. The second-order valence-electron chi connectivity index (χ2n) is 12.2. The Kier molecular flexibility index (Phi) is 10.2. The van der Waals surface area contributed by atoms with Crippen LogP contribution in [0.3, 0.4) is 0 Å². The molecule has 40 heavy (non-hydrogen) atoms. The molecule has 2 N–H and O–H groups in total. The van der Waals surface area contributed by atoms with Crippen molar-refractivity contribution in [1.29, 1.82) is 0 Å². The number of nitrogen functional groups attached to an aromatic ring is 1. The van der Waals surface area contributed by atoms with Crippen molar-refractivity contribution >= 4 is 17.6 Å². The van der Waals surface area contributed by atoms with Gasteiger partial charge in [-0.1, -0.05) is 78.9 Å². The highest BCUT2D eigenvalue weighted by molar-refractivity contribution is 5.81. The van der Waals surface area contributed by atoms with E-state index in [1.807, 2.05) is 102 Å². The molecule has 6 heteroatoms. The lowest BCUT2D eigenvalue weighted by Crippen LogP contribution is -2.42. The molecule has 0 aliphatic heterocycles. The van der Waals surface area contributed by atoms with E-state index in [4.69, 9.17) is 15.2 Å². The van der Waals surface area contributed by atoms with Gasteiger partial charge in [0.15, 0.2) is 0 Å². The quantitative estimate of drug-likeness (QED) is 0.214. The van der Waals surface area contributed by atoms with E-state index in [0.717, 1.165) is 16.7 Å². The van der Waals surface area contributed by atoms with Gasteiger partial charge in [0.25, 0.3) is 0 Å². The van der Waals surface area contributed by atoms with Gasteiger partial charge in [0.05, 0.1) is 18.4 Å². The van der Waals surface area contributed by atoms with Gasteiger partial charge in [-0.3, -0.25) is 14.5 Å². The zero-order valence-electron chi connectivity index (χ0n) is 24.9. The van der Waals surface area contributed by atoms with Gasteiger partial charge in [0.2, 0.25) is 0 Å². The Hall–Kier alpha value is -3.64. The molecule has 0 aliphatic rings. The van der Waals surface area contributed by atoms with Crippen LogP contribution in [0, 0.1) is 5.92 Å². The summed E-state index contributed by atoms with van der Waals surface area (Å²) in [5.41, 5.74) is 8.62. The number of benzene rings is 3. The minimum absolute atomic E-state index is 0.130. The smallest absolute Gasteiger partial charge is 0.312 e. The van der Waals surface area contributed by atoms with Gasteiger partial charge in [-0.2, -0.15) is 0 Å².